The number of benzene rings is 4. The third-order valence-electron chi connectivity index (χ3n) is 10.1. The zero-order valence-electron chi connectivity index (χ0n) is 31.1. The monoisotopic (exact) mass is 798 g/mol. The van der Waals surface area contributed by atoms with Crippen LogP contribution in [0.5, 0.6) is 0 Å². The second-order valence-electron chi connectivity index (χ2n) is 13.8. The number of imidazole rings is 2. The smallest absolute Gasteiger partial charge is 0.154 e. The molecule has 0 atom stereocenters. The standard InChI is InChI=1S/C21H15BrN4.C21H16N4.C4H8O/c1-13-7-2-3-8-14(13)18-19(22)26-17-11-6-12-23-20(17)24-16-10-5-4-9-15(16)21(26)25-18;1-14-7-2-3-8-15(14)18-13-25-19-11-6-12-22-20(19)23-17-10-5-4-9-16(17)21(25)24-18;1-2-4-5-3-1/h2-12H,1H3,(H,23,24);2-13H,1H3,(H,22,23);1-4H2. The van der Waals surface area contributed by atoms with E-state index in [0.29, 0.717) is 0 Å². The quantitative estimate of drug-likeness (QED) is 0.180. The van der Waals surface area contributed by atoms with Crippen molar-refractivity contribution in [1.29, 1.82) is 0 Å². The van der Waals surface area contributed by atoms with Crippen molar-refractivity contribution in [2.75, 3.05) is 23.8 Å². The lowest BCUT2D eigenvalue weighted by Gasteiger charge is -2.10. The first-order chi connectivity index (χ1) is 27.5. The number of nitrogens with one attached hydrogen (secondary N) is 2. The molecule has 10 heteroatoms. The van der Waals surface area contributed by atoms with E-state index in [-0.39, 0.29) is 0 Å². The molecule has 7 heterocycles. The maximum absolute atomic E-state index is 5.03. The van der Waals surface area contributed by atoms with Gasteiger partial charge in [0, 0.05) is 54.1 Å². The summed E-state index contributed by atoms with van der Waals surface area (Å²) in [5, 5.41) is 6.88. The van der Waals surface area contributed by atoms with Crippen LogP contribution in [0.1, 0.15) is 24.0 Å². The van der Waals surface area contributed by atoms with Crippen LogP contribution < -0.4 is 10.6 Å². The number of aryl methyl sites for hydroxylation is 2. The van der Waals surface area contributed by atoms with E-state index in [9.17, 15) is 0 Å². The number of hydrogen-bond acceptors (Lipinski definition) is 7. The molecular formula is C46H39BrN8O. The van der Waals surface area contributed by atoms with Gasteiger partial charge in [-0.3, -0.25) is 9.13 Å². The van der Waals surface area contributed by atoms with Gasteiger partial charge in [0.1, 0.15) is 21.9 Å². The van der Waals surface area contributed by atoms with Crippen LogP contribution >= 0.6 is 15.9 Å². The van der Waals surface area contributed by atoms with E-state index in [1.807, 2.05) is 48.5 Å². The summed E-state index contributed by atoms with van der Waals surface area (Å²) in [7, 11) is 0. The molecule has 0 amide bonds. The van der Waals surface area contributed by atoms with Gasteiger partial charge in [0.05, 0.1) is 28.4 Å². The van der Waals surface area contributed by atoms with Gasteiger partial charge in [-0.1, -0.05) is 72.8 Å². The molecule has 0 spiro atoms. The van der Waals surface area contributed by atoms with E-state index in [2.05, 4.69) is 139 Å². The van der Waals surface area contributed by atoms with Crippen molar-refractivity contribution < 1.29 is 4.74 Å². The topological polar surface area (TPSA) is 94.7 Å². The highest BCUT2D eigenvalue weighted by atomic mass is 79.9. The average Bonchev–Trinajstić information content (AvgIpc) is 3.99. The molecule has 3 aliphatic rings. The Labute approximate surface area is 334 Å². The Hall–Kier alpha value is -6.36. The van der Waals surface area contributed by atoms with Gasteiger partial charge in [0.15, 0.2) is 11.6 Å². The summed E-state index contributed by atoms with van der Waals surface area (Å²) < 4.78 is 10.1. The molecule has 9 nitrogen and oxygen atoms in total. The maximum atomic E-state index is 5.03. The zero-order chi connectivity index (χ0) is 38.0. The predicted molar refractivity (Wildman–Crippen MR) is 228 cm³/mol. The second kappa shape index (κ2) is 15.4. The number of ether oxygens (including phenoxy) is 1. The number of aromatic nitrogens is 6. The molecule has 4 aromatic heterocycles. The molecule has 0 bridgehead atoms. The van der Waals surface area contributed by atoms with Gasteiger partial charge in [-0.05, 0) is 102 Å². The molecular weight excluding hydrogens is 760 g/mol. The number of fused-ring (bicyclic) bond motifs is 10. The molecule has 0 unspecified atom stereocenters. The summed E-state index contributed by atoms with van der Waals surface area (Å²) in [5.74, 6) is 3.47. The Balaban J connectivity index is 0.000000130. The molecule has 4 aromatic carbocycles. The van der Waals surface area contributed by atoms with Crippen molar-refractivity contribution in [2.45, 2.75) is 26.7 Å². The highest BCUT2D eigenvalue weighted by Crippen LogP contribution is 2.43. The Morgan fingerprint density at radius 1 is 0.571 bits per heavy atom. The molecule has 2 N–H and O–H groups in total. The molecule has 56 heavy (non-hydrogen) atoms. The summed E-state index contributed by atoms with van der Waals surface area (Å²) in [6, 6.07) is 41.1. The lowest BCUT2D eigenvalue weighted by atomic mass is 10.1. The highest BCUT2D eigenvalue weighted by molar-refractivity contribution is 9.10. The van der Waals surface area contributed by atoms with Gasteiger partial charge in [-0.25, -0.2) is 19.9 Å². The first-order valence-corrected chi connectivity index (χ1v) is 19.6. The molecule has 8 aromatic rings. The predicted octanol–water partition coefficient (Wildman–Crippen LogP) is 11.5. The number of pyridine rings is 2. The molecule has 11 rings (SSSR count). The van der Waals surface area contributed by atoms with Crippen molar-refractivity contribution in [2.24, 2.45) is 0 Å². The van der Waals surface area contributed by atoms with Crippen LogP contribution in [-0.2, 0) is 4.74 Å². The Morgan fingerprint density at radius 3 is 1.71 bits per heavy atom. The van der Waals surface area contributed by atoms with E-state index in [0.717, 1.165) is 97.5 Å². The zero-order valence-corrected chi connectivity index (χ0v) is 32.7. The molecule has 276 valence electrons. The first kappa shape index (κ1) is 35.3. The second-order valence-corrected chi connectivity index (χ2v) is 14.5. The van der Waals surface area contributed by atoms with Crippen LogP contribution in [-0.4, -0.2) is 42.3 Å². The van der Waals surface area contributed by atoms with Gasteiger partial charge in [0.25, 0.3) is 0 Å². The van der Waals surface area contributed by atoms with Crippen molar-refractivity contribution in [1.82, 2.24) is 29.1 Å². The van der Waals surface area contributed by atoms with Crippen LogP contribution in [0, 0.1) is 13.8 Å². The van der Waals surface area contributed by atoms with Gasteiger partial charge >= 0.3 is 0 Å². The van der Waals surface area contributed by atoms with Crippen molar-refractivity contribution in [3.05, 3.63) is 156 Å². The lowest BCUT2D eigenvalue weighted by molar-refractivity contribution is 0.198. The number of hydrogen-bond donors (Lipinski definition) is 2. The first-order valence-electron chi connectivity index (χ1n) is 18.8. The van der Waals surface area contributed by atoms with E-state index >= 15 is 0 Å². The van der Waals surface area contributed by atoms with Crippen LogP contribution in [0.15, 0.2) is 145 Å². The van der Waals surface area contributed by atoms with Crippen LogP contribution in [0.4, 0.5) is 23.0 Å². The molecule has 0 radical (unpaired) electrons. The minimum atomic E-state index is 0.813. The van der Waals surface area contributed by atoms with E-state index < -0.39 is 0 Å². The summed E-state index contributed by atoms with van der Waals surface area (Å²) in [5.41, 5.74) is 12.7. The molecule has 0 saturated carbocycles. The third-order valence-corrected chi connectivity index (χ3v) is 10.8. The van der Waals surface area contributed by atoms with Crippen molar-refractivity contribution >= 4 is 38.9 Å². The third kappa shape index (κ3) is 6.67. The van der Waals surface area contributed by atoms with E-state index in [1.54, 1.807) is 12.4 Å². The fraction of sp³-hybridized carbons (Fsp3) is 0.130. The number of anilines is 4. The van der Waals surface area contributed by atoms with E-state index in [4.69, 9.17) is 14.7 Å². The Morgan fingerprint density at radius 2 is 1.11 bits per heavy atom. The number of rotatable bonds is 2. The number of nitrogens with zero attached hydrogens (tertiary/aromatic N) is 6. The van der Waals surface area contributed by atoms with Gasteiger partial charge < -0.3 is 15.4 Å². The summed E-state index contributed by atoms with van der Waals surface area (Å²) in [6.07, 6.45) is 8.26. The van der Waals surface area contributed by atoms with Crippen molar-refractivity contribution in [3.63, 3.8) is 0 Å². The van der Waals surface area contributed by atoms with Crippen LogP contribution in [0.2, 0.25) is 0 Å². The van der Waals surface area contributed by atoms with Crippen LogP contribution in [0.25, 0.3) is 56.7 Å². The largest absolute Gasteiger partial charge is 0.381 e. The van der Waals surface area contributed by atoms with E-state index in [1.165, 1.54) is 24.0 Å². The molecule has 1 saturated heterocycles. The minimum Gasteiger partial charge on any atom is -0.381 e. The number of halogens is 1. The minimum absolute atomic E-state index is 0.813. The van der Waals surface area contributed by atoms with Crippen molar-refractivity contribution in [3.8, 4) is 56.7 Å². The lowest BCUT2D eigenvalue weighted by Crippen LogP contribution is -1.99. The molecule has 0 aliphatic carbocycles. The fourth-order valence-electron chi connectivity index (χ4n) is 7.26. The molecule has 1 fully saturated rings. The Kier molecular flexibility index (Phi) is 9.73. The summed E-state index contributed by atoms with van der Waals surface area (Å²) in [4.78, 5) is 19.1. The normalized spacial score (nSPS) is 12.8. The van der Waals surface area contributed by atoms with Crippen LogP contribution in [0.3, 0.4) is 0 Å². The highest BCUT2D eigenvalue weighted by Gasteiger charge is 2.26. The fourth-order valence-corrected chi connectivity index (χ4v) is 7.92. The average molecular weight is 800 g/mol. The van der Waals surface area contributed by atoms with Gasteiger partial charge in [-0.15, -0.1) is 0 Å². The molecule has 3 aliphatic heterocycles. The maximum Gasteiger partial charge on any atom is 0.154 e. The van der Waals surface area contributed by atoms with Gasteiger partial charge in [-0.2, -0.15) is 0 Å². The Bertz CT molecular complexity index is 2620. The SMILES string of the molecule is C1CCOC1.Cc1ccccc1-c1cn2c(n1)-c1ccccc1Nc1ncccc1-2.Cc1ccccc1-c1nc2n(c1Br)-c1cccnc1Nc1ccccc1-2. The summed E-state index contributed by atoms with van der Waals surface area (Å²) in [6.45, 7) is 6.22. The summed E-state index contributed by atoms with van der Waals surface area (Å²) >= 11 is 3.81. The number of para-hydroxylation sites is 2. The van der Waals surface area contributed by atoms with Gasteiger partial charge in [0.2, 0.25) is 0 Å².